The van der Waals surface area contributed by atoms with Gasteiger partial charge in [0, 0.05) is 6.42 Å². The first kappa shape index (κ1) is 10.3. The molecule has 1 rings (SSSR count). The number of carboxylic acid groups (broad SMARTS) is 1. The van der Waals surface area contributed by atoms with Crippen LogP contribution in [0.2, 0.25) is 0 Å². The Kier molecular flexibility index (Phi) is 4.02. The van der Waals surface area contributed by atoms with Gasteiger partial charge in [0.2, 0.25) is 6.29 Å². The molecule has 1 fully saturated rings. The number of hydrogen-bond acceptors (Lipinski definition) is 3. The summed E-state index contributed by atoms with van der Waals surface area (Å²) in [5.74, 6) is 0.433. The fourth-order valence-electron chi connectivity index (χ4n) is 1.87. The molecule has 0 bridgehead atoms. The van der Waals surface area contributed by atoms with Gasteiger partial charge in [0.1, 0.15) is 0 Å². The van der Waals surface area contributed by atoms with Crippen molar-refractivity contribution in [2.75, 3.05) is 0 Å². The Balaban J connectivity index is 2.18. The first-order valence-electron chi connectivity index (χ1n) is 4.76. The van der Waals surface area contributed by atoms with E-state index in [1.54, 1.807) is 0 Å². The second kappa shape index (κ2) is 5.07. The summed E-state index contributed by atoms with van der Waals surface area (Å²) in [6.07, 6.45) is 3.71. The van der Waals surface area contributed by atoms with Crippen LogP contribution in [0.1, 0.15) is 38.5 Å². The summed E-state index contributed by atoms with van der Waals surface area (Å²) < 4.78 is 4.23. The lowest BCUT2D eigenvalue weighted by atomic mass is 9.87. The number of aliphatic hydroxyl groups is 1. The van der Waals surface area contributed by atoms with E-state index in [4.69, 9.17) is 10.2 Å². The molecule has 0 spiro atoms. The zero-order chi connectivity index (χ0) is 9.68. The van der Waals surface area contributed by atoms with Gasteiger partial charge in [-0.05, 0) is 5.92 Å². The highest BCUT2D eigenvalue weighted by atomic mass is 16.7. The van der Waals surface area contributed by atoms with E-state index < -0.39 is 12.4 Å². The molecule has 1 aliphatic rings. The van der Waals surface area contributed by atoms with Crippen molar-refractivity contribution in [3.8, 4) is 0 Å². The highest BCUT2D eigenvalue weighted by Gasteiger charge is 2.19. The molecule has 1 unspecified atom stereocenters. The Bertz CT molecular complexity index is 163. The molecule has 0 aromatic rings. The molecule has 0 heterocycles. The van der Waals surface area contributed by atoms with E-state index in [0.717, 1.165) is 12.8 Å². The van der Waals surface area contributed by atoms with Crippen LogP contribution in [0.25, 0.3) is 0 Å². The van der Waals surface area contributed by atoms with E-state index in [1.165, 1.54) is 19.3 Å². The summed E-state index contributed by atoms with van der Waals surface area (Å²) in [5.41, 5.74) is 0. The summed E-state index contributed by atoms with van der Waals surface area (Å²) in [4.78, 5) is 10.1. The van der Waals surface area contributed by atoms with Gasteiger partial charge in [-0.1, -0.05) is 32.1 Å². The van der Waals surface area contributed by atoms with Crippen LogP contribution in [-0.2, 0) is 4.74 Å². The Morgan fingerprint density at radius 2 is 2.00 bits per heavy atom. The van der Waals surface area contributed by atoms with E-state index in [9.17, 15) is 4.79 Å². The van der Waals surface area contributed by atoms with Crippen molar-refractivity contribution in [2.45, 2.75) is 44.8 Å². The van der Waals surface area contributed by atoms with Gasteiger partial charge in [-0.15, -0.1) is 0 Å². The summed E-state index contributed by atoms with van der Waals surface area (Å²) in [5, 5.41) is 17.4. The Labute approximate surface area is 77.5 Å². The Morgan fingerprint density at radius 3 is 2.54 bits per heavy atom. The van der Waals surface area contributed by atoms with E-state index in [1.807, 2.05) is 0 Å². The summed E-state index contributed by atoms with van der Waals surface area (Å²) in [6, 6.07) is 0. The molecule has 0 aromatic heterocycles. The minimum absolute atomic E-state index is 0.433. The molecule has 1 aliphatic carbocycles. The summed E-state index contributed by atoms with van der Waals surface area (Å²) >= 11 is 0. The number of aliphatic hydroxyl groups excluding tert-OH is 1. The molecule has 0 saturated heterocycles. The molecule has 76 valence electrons. The van der Waals surface area contributed by atoms with Gasteiger partial charge in [-0.25, -0.2) is 4.79 Å². The first-order chi connectivity index (χ1) is 6.18. The predicted molar refractivity (Wildman–Crippen MR) is 46.3 cm³/mol. The minimum Gasteiger partial charge on any atom is -0.450 e. The highest BCUT2D eigenvalue weighted by molar-refractivity contribution is 5.56. The molecule has 1 saturated carbocycles. The Morgan fingerprint density at radius 1 is 1.38 bits per heavy atom. The molecule has 0 aromatic carbocycles. The number of rotatable bonds is 3. The van der Waals surface area contributed by atoms with Gasteiger partial charge in [0.15, 0.2) is 0 Å². The van der Waals surface area contributed by atoms with Crippen LogP contribution in [0.3, 0.4) is 0 Å². The maximum absolute atomic E-state index is 10.1. The second-order valence-electron chi connectivity index (χ2n) is 3.58. The van der Waals surface area contributed by atoms with E-state index in [2.05, 4.69) is 4.74 Å². The molecule has 0 amide bonds. The van der Waals surface area contributed by atoms with Crippen molar-refractivity contribution in [1.82, 2.24) is 0 Å². The van der Waals surface area contributed by atoms with E-state index >= 15 is 0 Å². The lowest BCUT2D eigenvalue weighted by molar-refractivity contribution is -0.0845. The van der Waals surface area contributed by atoms with Gasteiger partial charge in [0.05, 0.1) is 0 Å². The molecular formula is C9H16O4. The van der Waals surface area contributed by atoms with Crippen molar-refractivity contribution in [3.05, 3.63) is 0 Å². The smallest absolute Gasteiger partial charge is 0.450 e. The zero-order valence-electron chi connectivity index (χ0n) is 7.61. The molecule has 0 radical (unpaired) electrons. The van der Waals surface area contributed by atoms with Crippen molar-refractivity contribution in [2.24, 2.45) is 5.92 Å². The fourth-order valence-corrected chi connectivity index (χ4v) is 1.87. The molecular weight excluding hydrogens is 172 g/mol. The van der Waals surface area contributed by atoms with Gasteiger partial charge < -0.3 is 14.9 Å². The quantitative estimate of drug-likeness (QED) is 0.525. The maximum Gasteiger partial charge on any atom is 0.508 e. The highest BCUT2D eigenvalue weighted by Crippen LogP contribution is 2.27. The van der Waals surface area contributed by atoms with E-state index in [-0.39, 0.29) is 0 Å². The minimum atomic E-state index is -1.40. The molecule has 4 nitrogen and oxygen atoms in total. The molecule has 2 N–H and O–H groups in total. The number of hydrogen-bond donors (Lipinski definition) is 2. The third kappa shape index (κ3) is 4.12. The fraction of sp³-hybridized carbons (Fsp3) is 0.889. The van der Waals surface area contributed by atoms with Crippen molar-refractivity contribution in [1.29, 1.82) is 0 Å². The van der Waals surface area contributed by atoms with Crippen molar-refractivity contribution >= 4 is 6.16 Å². The topological polar surface area (TPSA) is 66.8 Å². The third-order valence-corrected chi connectivity index (χ3v) is 2.50. The van der Waals surface area contributed by atoms with Gasteiger partial charge in [0.25, 0.3) is 0 Å². The lowest BCUT2D eigenvalue weighted by Gasteiger charge is -2.23. The normalized spacial score (nSPS) is 21.0. The average molecular weight is 188 g/mol. The van der Waals surface area contributed by atoms with Crippen LogP contribution >= 0.6 is 0 Å². The van der Waals surface area contributed by atoms with Crippen LogP contribution in [-0.4, -0.2) is 22.7 Å². The number of carbonyl (C=O) groups is 1. The molecule has 0 aliphatic heterocycles. The number of ether oxygens (including phenoxy) is 1. The largest absolute Gasteiger partial charge is 0.508 e. The maximum atomic E-state index is 10.1. The van der Waals surface area contributed by atoms with Crippen LogP contribution < -0.4 is 0 Å². The van der Waals surface area contributed by atoms with Crippen LogP contribution in [0, 0.1) is 5.92 Å². The lowest BCUT2D eigenvalue weighted by Crippen LogP contribution is -2.21. The third-order valence-electron chi connectivity index (χ3n) is 2.50. The van der Waals surface area contributed by atoms with Crippen LogP contribution in [0.5, 0.6) is 0 Å². The second-order valence-corrected chi connectivity index (χ2v) is 3.58. The zero-order valence-corrected chi connectivity index (χ0v) is 7.61. The Hall–Kier alpha value is -0.770. The van der Waals surface area contributed by atoms with Crippen LogP contribution in [0.4, 0.5) is 4.79 Å². The summed E-state index contributed by atoms with van der Waals surface area (Å²) in [7, 11) is 0. The predicted octanol–water partition coefficient (Wildman–Crippen LogP) is 1.97. The monoisotopic (exact) mass is 188 g/mol. The van der Waals surface area contributed by atoms with Crippen molar-refractivity contribution in [3.63, 3.8) is 0 Å². The molecule has 1 atom stereocenters. The molecule has 13 heavy (non-hydrogen) atoms. The van der Waals surface area contributed by atoms with Crippen LogP contribution in [0.15, 0.2) is 0 Å². The average Bonchev–Trinajstić information content (AvgIpc) is 2.04. The van der Waals surface area contributed by atoms with Gasteiger partial charge >= 0.3 is 6.16 Å². The SMILES string of the molecule is O=C(O)OC(O)CC1CCCCC1. The first-order valence-corrected chi connectivity index (χ1v) is 4.76. The summed E-state index contributed by atoms with van der Waals surface area (Å²) in [6.45, 7) is 0. The molecule has 4 heteroatoms. The van der Waals surface area contributed by atoms with Gasteiger partial charge in [-0.2, -0.15) is 0 Å². The standard InChI is InChI=1S/C9H16O4/c10-8(13-9(11)12)6-7-4-2-1-3-5-7/h7-8,10H,1-6H2,(H,11,12). The van der Waals surface area contributed by atoms with E-state index in [0.29, 0.717) is 12.3 Å². The van der Waals surface area contributed by atoms with Crippen molar-refractivity contribution < 1.29 is 19.7 Å². The van der Waals surface area contributed by atoms with Gasteiger partial charge in [-0.3, -0.25) is 0 Å².